The van der Waals surface area contributed by atoms with Gasteiger partial charge in [-0.2, -0.15) is 0 Å². The van der Waals surface area contributed by atoms with Crippen LogP contribution in [0.4, 0.5) is 0 Å². The van der Waals surface area contributed by atoms with Crippen LogP contribution in [0, 0.1) is 0 Å². The maximum atomic E-state index is 11.6. The normalized spacial score (nSPS) is 14.7. The van der Waals surface area contributed by atoms with Gasteiger partial charge in [0.2, 0.25) is 11.8 Å². The quantitative estimate of drug-likeness (QED) is 0.638. The number of methoxy groups -OCH3 is 1. The van der Waals surface area contributed by atoms with Crippen molar-refractivity contribution >= 4 is 28.5 Å². The molecule has 0 fully saturated rings. The van der Waals surface area contributed by atoms with E-state index in [0.29, 0.717) is 29.5 Å². The molecule has 8 nitrogen and oxygen atoms in total. The lowest BCUT2D eigenvalue weighted by Gasteiger charge is -2.11. The smallest absolute Gasteiger partial charge is 0.346 e. The summed E-state index contributed by atoms with van der Waals surface area (Å²) in [5, 5.41) is 25.9. The van der Waals surface area contributed by atoms with Crippen LogP contribution in [0.1, 0.15) is 30.9 Å². The first-order valence-electron chi connectivity index (χ1n) is 8.90. The van der Waals surface area contributed by atoms with E-state index < -0.39 is 12.1 Å². The Morgan fingerprint density at radius 3 is 2.50 bits per heavy atom. The fourth-order valence-corrected chi connectivity index (χ4v) is 3.80. The second-order valence-corrected chi connectivity index (χ2v) is 7.12. The highest BCUT2D eigenvalue weighted by molar-refractivity contribution is 6.33. The largest absolute Gasteiger partial charge is 0.494 e. The average molecular weight is 407 g/mol. The summed E-state index contributed by atoms with van der Waals surface area (Å²) in [6.07, 6.45) is 2.40. The highest BCUT2D eigenvalue weighted by atomic mass is 35.5. The zero-order valence-corrected chi connectivity index (χ0v) is 16.1. The number of rotatable bonds is 4. The molecule has 0 radical (unpaired) electrons. The van der Waals surface area contributed by atoms with Crippen LogP contribution in [-0.4, -0.2) is 39.1 Å². The third-order valence-corrected chi connectivity index (χ3v) is 5.30. The first kappa shape index (κ1) is 18.5. The Labute approximate surface area is 165 Å². The van der Waals surface area contributed by atoms with Crippen molar-refractivity contribution in [3.8, 4) is 23.3 Å². The Hall–Kier alpha value is -2.87. The molecule has 2 aromatic heterocycles. The predicted molar refractivity (Wildman–Crippen MR) is 100 cm³/mol. The number of benzene rings is 1. The number of hydrogen-bond acceptors (Lipinski definition) is 7. The van der Waals surface area contributed by atoms with Crippen LogP contribution >= 0.6 is 11.6 Å². The SMILES string of the molecule is COC(=O)C(C)Oc1noc2cc(Cl)c(-n3c(O)c4c(c3O)CCCC4)cc12. The molecule has 28 heavy (non-hydrogen) atoms. The van der Waals surface area contributed by atoms with Crippen molar-refractivity contribution in [3.05, 3.63) is 28.3 Å². The molecule has 9 heteroatoms. The number of aromatic hydroxyl groups is 2. The van der Waals surface area contributed by atoms with E-state index in [1.165, 1.54) is 24.7 Å². The van der Waals surface area contributed by atoms with Gasteiger partial charge in [0, 0.05) is 17.2 Å². The minimum atomic E-state index is -0.891. The van der Waals surface area contributed by atoms with Gasteiger partial charge >= 0.3 is 5.97 Å². The van der Waals surface area contributed by atoms with Crippen LogP contribution in [0.25, 0.3) is 16.7 Å². The Morgan fingerprint density at radius 2 is 1.89 bits per heavy atom. The van der Waals surface area contributed by atoms with Crippen molar-refractivity contribution < 1.29 is 29.0 Å². The fraction of sp³-hybridized carbons (Fsp3) is 0.368. The number of halogens is 1. The highest BCUT2D eigenvalue weighted by Gasteiger charge is 2.27. The van der Waals surface area contributed by atoms with Gasteiger partial charge in [-0.1, -0.05) is 11.6 Å². The number of ether oxygens (including phenoxy) is 2. The van der Waals surface area contributed by atoms with E-state index in [9.17, 15) is 15.0 Å². The van der Waals surface area contributed by atoms with Crippen molar-refractivity contribution in [2.75, 3.05) is 7.11 Å². The van der Waals surface area contributed by atoms with Crippen LogP contribution in [0.2, 0.25) is 5.02 Å². The molecule has 148 valence electrons. The topological polar surface area (TPSA) is 107 Å². The number of fused-ring (bicyclic) bond motifs is 2. The van der Waals surface area contributed by atoms with Crippen molar-refractivity contribution in [1.29, 1.82) is 0 Å². The molecule has 0 bridgehead atoms. The van der Waals surface area contributed by atoms with E-state index in [0.717, 1.165) is 24.0 Å². The Morgan fingerprint density at radius 1 is 1.25 bits per heavy atom. The fourth-order valence-electron chi connectivity index (χ4n) is 3.56. The van der Waals surface area contributed by atoms with Gasteiger partial charge in [-0.25, -0.2) is 9.36 Å². The van der Waals surface area contributed by atoms with Crippen LogP contribution in [-0.2, 0) is 22.4 Å². The maximum Gasteiger partial charge on any atom is 0.346 e. The molecule has 0 spiro atoms. The minimum Gasteiger partial charge on any atom is -0.494 e. The standard InChI is InChI=1S/C19H19ClN2O6/c1-9(19(25)26-2)27-16-12-7-14(13(20)8-15(12)28-21-16)22-17(23)10-5-3-4-6-11(10)18(22)24/h7-9,23-24H,3-6H2,1-2H3. The lowest BCUT2D eigenvalue weighted by molar-refractivity contribution is -0.148. The summed E-state index contributed by atoms with van der Waals surface area (Å²) in [5.74, 6) is -0.536. The summed E-state index contributed by atoms with van der Waals surface area (Å²) in [6.45, 7) is 1.53. The molecular weight excluding hydrogens is 388 g/mol. The van der Waals surface area contributed by atoms with E-state index in [-0.39, 0.29) is 22.7 Å². The van der Waals surface area contributed by atoms with Gasteiger partial charge in [0.25, 0.3) is 5.88 Å². The first-order chi connectivity index (χ1) is 13.4. The summed E-state index contributed by atoms with van der Waals surface area (Å²) in [6, 6.07) is 3.12. The predicted octanol–water partition coefficient (Wildman–Crippen LogP) is 3.50. The van der Waals surface area contributed by atoms with E-state index in [4.69, 9.17) is 20.9 Å². The zero-order valence-electron chi connectivity index (χ0n) is 15.4. The first-order valence-corrected chi connectivity index (χ1v) is 9.28. The molecule has 1 aliphatic carbocycles. The molecule has 1 aromatic carbocycles. The molecule has 0 saturated heterocycles. The second-order valence-electron chi connectivity index (χ2n) is 6.72. The van der Waals surface area contributed by atoms with Crippen LogP contribution in [0.15, 0.2) is 16.7 Å². The second kappa shape index (κ2) is 6.94. The van der Waals surface area contributed by atoms with Crippen molar-refractivity contribution in [1.82, 2.24) is 9.72 Å². The number of nitrogens with zero attached hydrogens (tertiary/aromatic N) is 2. The summed E-state index contributed by atoms with van der Waals surface area (Å²) in [5.41, 5.74) is 2.18. The number of carbonyl (C=O) groups is 1. The zero-order chi connectivity index (χ0) is 20.0. The number of esters is 1. The number of aromatic nitrogens is 2. The van der Waals surface area contributed by atoms with Crippen molar-refractivity contribution in [2.45, 2.75) is 38.7 Å². The van der Waals surface area contributed by atoms with Gasteiger partial charge in [-0.05, 0) is 43.8 Å². The Balaban J connectivity index is 1.83. The van der Waals surface area contributed by atoms with Crippen molar-refractivity contribution in [2.24, 2.45) is 0 Å². The van der Waals surface area contributed by atoms with Crippen LogP contribution < -0.4 is 4.74 Å². The van der Waals surface area contributed by atoms with E-state index in [2.05, 4.69) is 9.89 Å². The Bertz CT molecular complexity index is 1040. The van der Waals surface area contributed by atoms with E-state index in [1.54, 1.807) is 6.07 Å². The highest BCUT2D eigenvalue weighted by Crippen LogP contribution is 2.43. The van der Waals surface area contributed by atoms with Gasteiger partial charge in [-0.3, -0.25) is 0 Å². The van der Waals surface area contributed by atoms with Gasteiger partial charge in [0.05, 0.1) is 23.2 Å². The Kier molecular flexibility index (Phi) is 4.58. The lowest BCUT2D eigenvalue weighted by atomic mass is 9.95. The average Bonchev–Trinajstić information content (AvgIpc) is 3.19. The summed E-state index contributed by atoms with van der Waals surface area (Å²) in [7, 11) is 1.26. The molecule has 4 rings (SSSR count). The summed E-state index contributed by atoms with van der Waals surface area (Å²) < 4.78 is 16.7. The molecule has 1 aliphatic rings. The number of carbonyl (C=O) groups excluding carboxylic acids is 1. The van der Waals surface area contributed by atoms with E-state index in [1.807, 2.05) is 0 Å². The molecule has 0 amide bonds. The van der Waals surface area contributed by atoms with Gasteiger partial charge in [0.15, 0.2) is 11.7 Å². The van der Waals surface area contributed by atoms with E-state index >= 15 is 0 Å². The molecule has 1 atom stereocenters. The molecule has 1 unspecified atom stereocenters. The van der Waals surface area contributed by atoms with Gasteiger partial charge in [-0.15, -0.1) is 0 Å². The lowest BCUT2D eigenvalue weighted by Crippen LogP contribution is -2.25. The third kappa shape index (κ3) is 2.84. The van der Waals surface area contributed by atoms with Gasteiger partial charge in [0.1, 0.15) is 0 Å². The summed E-state index contributed by atoms with van der Waals surface area (Å²) >= 11 is 6.39. The summed E-state index contributed by atoms with van der Waals surface area (Å²) in [4.78, 5) is 11.6. The molecule has 3 aromatic rings. The van der Waals surface area contributed by atoms with Crippen LogP contribution in [0.3, 0.4) is 0 Å². The monoisotopic (exact) mass is 406 g/mol. The maximum absolute atomic E-state index is 11.6. The number of hydrogen-bond donors (Lipinski definition) is 2. The molecule has 2 heterocycles. The molecule has 2 N–H and O–H groups in total. The minimum absolute atomic E-state index is 0.0321. The third-order valence-electron chi connectivity index (χ3n) is 5.00. The van der Waals surface area contributed by atoms with Gasteiger partial charge < -0.3 is 24.2 Å². The molecular formula is C19H19ClN2O6. The van der Waals surface area contributed by atoms with Crippen molar-refractivity contribution in [3.63, 3.8) is 0 Å². The molecule has 0 aliphatic heterocycles. The molecule has 0 saturated carbocycles. The van der Waals surface area contributed by atoms with Crippen LogP contribution in [0.5, 0.6) is 17.6 Å².